The molecule has 7 heteroatoms. The number of anilines is 1. The lowest BCUT2D eigenvalue weighted by Gasteiger charge is -2.42. The third kappa shape index (κ3) is 3.71. The minimum atomic E-state index is -0.492. The Morgan fingerprint density at radius 1 is 1.06 bits per heavy atom. The van der Waals surface area contributed by atoms with Crippen LogP contribution in [0.3, 0.4) is 0 Å². The molecule has 0 bridgehead atoms. The van der Waals surface area contributed by atoms with Crippen LogP contribution in [0.5, 0.6) is 5.75 Å². The van der Waals surface area contributed by atoms with Crippen LogP contribution in [0, 0.1) is 15.5 Å². The van der Waals surface area contributed by atoms with E-state index in [-0.39, 0.29) is 40.8 Å². The van der Waals surface area contributed by atoms with Crippen LogP contribution in [0.2, 0.25) is 0 Å². The van der Waals surface area contributed by atoms with Crippen molar-refractivity contribution in [1.82, 2.24) is 0 Å². The van der Waals surface area contributed by atoms with Crippen molar-refractivity contribution in [1.29, 1.82) is 0 Å². The number of carbonyl (C=O) groups excluding carboxylic acids is 2. The van der Waals surface area contributed by atoms with Crippen LogP contribution in [0.15, 0.2) is 59.8 Å². The highest BCUT2D eigenvalue weighted by atomic mass is 16.6. The third-order valence-corrected chi connectivity index (χ3v) is 5.98. The number of nitro groups is 1. The molecular formula is C24H24N2O5. The molecule has 2 aromatic rings. The summed E-state index contributed by atoms with van der Waals surface area (Å²) < 4.78 is 5.23. The molecule has 0 saturated carbocycles. The standard InChI is InChI=1S/C24H24N2O5/c1-24(2)13-20-23(21(27)14-24)17(15-8-10-16(31-3)11-9-15)12-22(28)25(20)18-6-4-5-7-19(18)26(29)30/h4-11,17H,12-14H2,1-3H3. The number of carbonyl (C=O) groups is 2. The van der Waals surface area contributed by atoms with Crippen LogP contribution in [-0.4, -0.2) is 23.7 Å². The Kier molecular flexibility index (Phi) is 5.13. The number of nitrogens with zero attached hydrogens (tertiary/aromatic N) is 2. The van der Waals surface area contributed by atoms with Crippen molar-refractivity contribution in [3.8, 4) is 5.75 Å². The summed E-state index contributed by atoms with van der Waals surface area (Å²) in [6.45, 7) is 3.96. The van der Waals surface area contributed by atoms with Crippen LogP contribution in [-0.2, 0) is 9.59 Å². The van der Waals surface area contributed by atoms with Gasteiger partial charge in [0.1, 0.15) is 11.4 Å². The Labute approximate surface area is 180 Å². The van der Waals surface area contributed by atoms with E-state index in [0.717, 1.165) is 5.56 Å². The van der Waals surface area contributed by atoms with Crippen LogP contribution >= 0.6 is 0 Å². The predicted molar refractivity (Wildman–Crippen MR) is 116 cm³/mol. The molecule has 0 saturated heterocycles. The number of rotatable bonds is 4. The average molecular weight is 420 g/mol. The fourth-order valence-corrected chi connectivity index (χ4v) is 4.62. The van der Waals surface area contributed by atoms with Crippen LogP contribution < -0.4 is 9.64 Å². The average Bonchev–Trinajstić information content (AvgIpc) is 2.72. The number of ketones is 1. The quantitative estimate of drug-likeness (QED) is 0.525. The molecule has 0 aromatic heterocycles. The summed E-state index contributed by atoms with van der Waals surface area (Å²) >= 11 is 0. The Hall–Kier alpha value is -3.48. The fourth-order valence-electron chi connectivity index (χ4n) is 4.62. The Bertz CT molecular complexity index is 1100. The molecule has 0 spiro atoms. The summed E-state index contributed by atoms with van der Waals surface area (Å²) in [7, 11) is 1.58. The van der Waals surface area contributed by atoms with Crippen molar-refractivity contribution in [2.45, 2.75) is 39.0 Å². The summed E-state index contributed by atoms with van der Waals surface area (Å²) in [5, 5.41) is 11.6. The number of hydrogen-bond donors (Lipinski definition) is 0. The lowest BCUT2D eigenvalue weighted by Crippen LogP contribution is -2.44. The number of allylic oxidation sites excluding steroid dienone is 2. The molecule has 1 heterocycles. The van der Waals surface area contributed by atoms with Crippen molar-refractivity contribution >= 4 is 23.1 Å². The number of methoxy groups -OCH3 is 1. The summed E-state index contributed by atoms with van der Waals surface area (Å²) in [5.74, 6) is 0.0521. The molecule has 160 valence electrons. The molecular weight excluding hydrogens is 396 g/mol. The Morgan fingerprint density at radius 3 is 2.39 bits per heavy atom. The predicted octanol–water partition coefficient (Wildman–Crippen LogP) is 4.77. The molecule has 7 nitrogen and oxygen atoms in total. The number of nitro benzene ring substituents is 1. The van der Waals surface area contributed by atoms with E-state index in [0.29, 0.717) is 29.9 Å². The van der Waals surface area contributed by atoms with Gasteiger partial charge in [-0.05, 0) is 35.6 Å². The molecule has 1 atom stereocenters. The van der Waals surface area contributed by atoms with Crippen molar-refractivity contribution in [2.75, 3.05) is 12.0 Å². The SMILES string of the molecule is COc1ccc(C2CC(=O)N(c3ccccc3[N+](=O)[O-])C3=C2C(=O)CC(C)(C)C3)cc1. The van der Waals surface area contributed by atoms with E-state index in [1.54, 1.807) is 25.3 Å². The smallest absolute Gasteiger partial charge is 0.293 e. The first-order chi connectivity index (χ1) is 14.7. The van der Waals surface area contributed by atoms with Crippen LogP contribution in [0.25, 0.3) is 0 Å². The summed E-state index contributed by atoms with van der Waals surface area (Å²) in [4.78, 5) is 39.2. The van der Waals surface area contributed by atoms with Crippen molar-refractivity contribution in [3.05, 3.63) is 75.5 Å². The maximum Gasteiger partial charge on any atom is 0.293 e. The number of para-hydroxylation sites is 2. The second kappa shape index (κ2) is 7.65. The maximum atomic E-state index is 13.4. The van der Waals surface area contributed by atoms with E-state index in [1.165, 1.54) is 11.0 Å². The molecule has 31 heavy (non-hydrogen) atoms. The minimum Gasteiger partial charge on any atom is -0.497 e. The third-order valence-electron chi connectivity index (χ3n) is 5.98. The molecule has 2 aliphatic rings. The van der Waals surface area contributed by atoms with Gasteiger partial charge in [0.15, 0.2) is 5.78 Å². The van der Waals surface area contributed by atoms with Gasteiger partial charge >= 0.3 is 0 Å². The topological polar surface area (TPSA) is 89.8 Å². The lowest BCUT2D eigenvalue weighted by molar-refractivity contribution is -0.384. The van der Waals surface area contributed by atoms with Crippen LogP contribution in [0.1, 0.15) is 44.6 Å². The minimum absolute atomic E-state index is 0.0110. The Balaban J connectivity index is 1.91. The van der Waals surface area contributed by atoms with Gasteiger partial charge < -0.3 is 4.74 Å². The number of Topliss-reactive ketones (excluding diaryl/α,β-unsaturated/α-hetero) is 1. The molecule has 0 N–H and O–H groups in total. The van der Waals surface area contributed by atoms with Gasteiger partial charge in [-0.15, -0.1) is 0 Å². The number of amides is 1. The van der Waals surface area contributed by atoms with Gasteiger partial charge in [-0.2, -0.15) is 0 Å². The molecule has 4 rings (SSSR count). The summed E-state index contributed by atoms with van der Waals surface area (Å²) in [6, 6.07) is 13.6. The molecule has 1 amide bonds. The highest BCUT2D eigenvalue weighted by Gasteiger charge is 2.45. The molecule has 2 aromatic carbocycles. The first-order valence-electron chi connectivity index (χ1n) is 10.2. The molecule has 1 unspecified atom stereocenters. The van der Waals surface area contributed by atoms with E-state index in [9.17, 15) is 19.7 Å². The molecule has 1 aliphatic carbocycles. The van der Waals surface area contributed by atoms with E-state index in [2.05, 4.69) is 0 Å². The Morgan fingerprint density at radius 2 is 1.74 bits per heavy atom. The normalized spacial score (nSPS) is 20.5. The fraction of sp³-hybridized carbons (Fsp3) is 0.333. The lowest BCUT2D eigenvalue weighted by atomic mass is 9.69. The van der Waals surface area contributed by atoms with Crippen molar-refractivity contribution in [3.63, 3.8) is 0 Å². The van der Waals surface area contributed by atoms with Crippen LogP contribution in [0.4, 0.5) is 11.4 Å². The zero-order valence-corrected chi connectivity index (χ0v) is 17.8. The first kappa shape index (κ1) is 20.8. The number of hydrogen-bond acceptors (Lipinski definition) is 5. The van der Waals surface area contributed by atoms with Crippen molar-refractivity contribution in [2.24, 2.45) is 5.41 Å². The van der Waals surface area contributed by atoms with Gasteiger partial charge in [0, 0.05) is 36.1 Å². The molecule has 0 fully saturated rings. The van der Waals surface area contributed by atoms with Gasteiger partial charge in [0.05, 0.1) is 12.0 Å². The van der Waals surface area contributed by atoms with Gasteiger partial charge in [-0.3, -0.25) is 24.6 Å². The second-order valence-corrected chi connectivity index (χ2v) is 8.81. The highest BCUT2D eigenvalue weighted by Crippen LogP contribution is 2.49. The van der Waals surface area contributed by atoms with E-state index >= 15 is 0 Å². The van der Waals surface area contributed by atoms with Gasteiger partial charge in [0.2, 0.25) is 5.91 Å². The second-order valence-electron chi connectivity index (χ2n) is 8.81. The van der Waals surface area contributed by atoms with Crippen molar-refractivity contribution < 1.29 is 19.2 Å². The zero-order chi connectivity index (χ0) is 22.3. The summed E-state index contributed by atoms with van der Waals surface area (Å²) in [6.07, 6.45) is 0.930. The summed E-state index contributed by atoms with van der Waals surface area (Å²) in [5.41, 5.74) is 1.73. The highest BCUT2D eigenvalue weighted by molar-refractivity contribution is 6.08. The maximum absolute atomic E-state index is 13.4. The van der Waals surface area contributed by atoms with Gasteiger partial charge in [-0.25, -0.2) is 0 Å². The molecule has 1 aliphatic heterocycles. The van der Waals surface area contributed by atoms with Gasteiger partial charge in [-0.1, -0.05) is 38.1 Å². The number of ether oxygens (including phenoxy) is 1. The first-order valence-corrected chi connectivity index (χ1v) is 10.2. The van der Waals surface area contributed by atoms with Gasteiger partial charge in [0.25, 0.3) is 5.69 Å². The number of benzene rings is 2. The largest absolute Gasteiger partial charge is 0.497 e. The zero-order valence-electron chi connectivity index (χ0n) is 17.8. The van der Waals surface area contributed by atoms with E-state index < -0.39 is 4.92 Å². The van der Waals surface area contributed by atoms with E-state index in [4.69, 9.17) is 4.74 Å². The molecule has 0 radical (unpaired) electrons. The monoisotopic (exact) mass is 420 g/mol. The van der Waals surface area contributed by atoms with E-state index in [1.807, 2.05) is 38.1 Å².